The lowest BCUT2D eigenvalue weighted by Gasteiger charge is -2.14. The topological polar surface area (TPSA) is 51.0 Å². The van der Waals surface area contributed by atoms with Crippen molar-refractivity contribution in [3.05, 3.63) is 46.7 Å². The van der Waals surface area contributed by atoms with Crippen molar-refractivity contribution in [3.8, 4) is 0 Å². The van der Waals surface area contributed by atoms with Crippen molar-refractivity contribution in [3.63, 3.8) is 0 Å². The van der Waals surface area contributed by atoms with Gasteiger partial charge in [-0.2, -0.15) is 0 Å². The molecule has 0 saturated carbocycles. The number of aromatic nitrogens is 3. The van der Waals surface area contributed by atoms with E-state index in [1.807, 2.05) is 38.1 Å². The molecule has 0 atom stereocenters. The molecule has 3 heterocycles. The second-order valence-corrected chi connectivity index (χ2v) is 7.52. The molecule has 0 saturated heterocycles. The highest BCUT2D eigenvalue weighted by atomic mass is 32.1. The molecule has 25 heavy (non-hydrogen) atoms. The molecular formula is C19H20N4OS. The molecule has 1 aliphatic rings. The number of pyridine rings is 1. The standard InChI is InChI=1S/C19H20N4OS/c1-12-10-14(22(2)3)15-16-17(25-18(15)21-12)19(24)23(11-20-16)13-8-6-4-5-7-9-13/h6,8-11H,4-5,7H2,1-3H3. The van der Waals surface area contributed by atoms with E-state index in [9.17, 15) is 4.79 Å². The normalized spacial score (nSPS) is 14.8. The Morgan fingerprint density at radius 3 is 2.92 bits per heavy atom. The fraction of sp³-hybridized carbons (Fsp3) is 0.316. The predicted octanol–water partition coefficient (Wildman–Crippen LogP) is 3.96. The molecule has 3 aromatic rings. The fourth-order valence-corrected chi connectivity index (χ4v) is 4.32. The minimum atomic E-state index is -0.0202. The number of allylic oxidation sites excluding steroid dienone is 4. The van der Waals surface area contributed by atoms with E-state index in [0.29, 0.717) is 4.70 Å². The summed E-state index contributed by atoms with van der Waals surface area (Å²) in [5.74, 6) is 0. The second kappa shape index (κ2) is 6.11. The first kappa shape index (κ1) is 16.0. The Morgan fingerprint density at radius 1 is 1.28 bits per heavy atom. The third-order valence-corrected chi connectivity index (χ3v) is 5.50. The van der Waals surface area contributed by atoms with Crippen molar-refractivity contribution >= 4 is 43.2 Å². The van der Waals surface area contributed by atoms with Crippen molar-refractivity contribution in [2.45, 2.75) is 26.2 Å². The lowest BCUT2D eigenvalue weighted by molar-refractivity contribution is 0.873. The minimum absolute atomic E-state index is 0.0202. The van der Waals surface area contributed by atoms with E-state index >= 15 is 0 Å². The van der Waals surface area contributed by atoms with Crippen LogP contribution in [-0.2, 0) is 0 Å². The van der Waals surface area contributed by atoms with Crippen LogP contribution in [-0.4, -0.2) is 28.6 Å². The molecule has 0 amide bonds. The highest BCUT2D eigenvalue weighted by molar-refractivity contribution is 7.25. The zero-order valence-electron chi connectivity index (χ0n) is 14.6. The van der Waals surface area contributed by atoms with E-state index in [2.05, 4.69) is 22.1 Å². The van der Waals surface area contributed by atoms with Gasteiger partial charge in [0.1, 0.15) is 21.4 Å². The maximum Gasteiger partial charge on any atom is 0.275 e. The zero-order valence-corrected chi connectivity index (χ0v) is 15.4. The van der Waals surface area contributed by atoms with Crippen LogP contribution in [0.15, 0.2) is 35.4 Å². The molecule has 0 aliphatic heterocycles. The number of aryl methyl sites for hydroxylation is 1. The summed E-state index contributed by atoms with van der Waals surface area (Å²) in [6, 6.07) is 2.04. The van der Waals surface area contributed by atoms with Crippen LogP contribution in [0.2, 0.25) is 0 Å². The molecule has 0 aromatic carbocycles. The predicted molar refractivity (Wildman–Crippen MR) is 106 cm³/mol. The van der Waals surface area contributed by atoms with Gasteiger partial charge in [-0.3, -0.25) is 9.36 Å². The minimum Gasteiger partial charge on any atom is -0.377 e. The summed E-state index contributed by atoms with van der Waals surface area (Å²) in [5, 5.41) is 0.963. The quantitative estimate of drug-likeness (QED) is 0.700. The van der Waals surface area contributed by atoms with Crippen LogP contribution in [0, 0.1) is 6.92 Å². The summed E-state index contributed by atoms with van der Waals surface area (Å²) >= 11 is 1.43. The third kappa shape index (κ3) is 2.66. The van der Waals surface area contributed by atoms with Gasteiger partial charge in [-0.05, 0) is 38.3 Å². The van der Waals surface area contributed by atoms with Gasteiger partial charge in [0.2, 0.25) is 0 Å². The van der Waals surface area contributed by atoms with Crippen LogP contribution < -0.4 is 10.5 Å². The van der Waals surface area contributed by atoms with Gasteiger partial charge < -0.3 is 4.90 Å². The number of hydrogen-bond donors (Lipinski definition) is 0. The van der Waals surface area contributed by atoms with E-state index in [0.717, 1.165) is 52.1 Å². The first-order valence-corrected chi connectivity index (χ1v) is 9.24. The largest absolute Gasteiger partial charge is 0.377 e. The van der Waals surface area contributed by atoms with Crippen LogP contribution in [0.3, 0.4) is 0 Å². The lowest BCUT2D eigenvalue weighted by Crippen LogP contribution is -2.18. The number of anilines is 1. The van der Waals surface area contributed by atoms with Gasteiger partial charge in [0.15, 0.2) is 0 Å². The molecule has 0 radical (unpaired) electrons. The Labute approximate surface area is 149 Å². The van der Waals surface area contributed by atoms with Crippen LogP contribution in [0.1, 0.15) is 25.0 Å². The first-order valence-electron chi connectivity index (χ1n) is 8.42. The van der Waals surface area contributed by atoms with Crippen molar-refractivity contribution in [1.29, 1.82) is 0 Å². The van der Waals surface area contributed by atoms with Crippen LogP contribution in [0.25, 0.3) is 26.1 Å². The van der Waals surface area contributed by atoms with Crippen LogP contribution in [0.5, 0.6) is 0 Å². The van der Waals surface area contributed by atoms with Crippen molar-refractivity contribution in [2.24, 2.45) is 0 Å². The van der Waals surface area contributed by atoms with Gasteiger partial charge in [0.25, 0.3) is 5.56 Å². The smallest absolute Gasteiger partial charge is 0.275 e. The zero-order chi connectivity index (χ0) is 17.6. The molecule has 0 N–H and O–H groups in total. The number of thiophene rings is 1. The Hall–Kier alpha value is -2.47. The molecule has 1 aliphatic carbocycles. The molecular weight excluding hydrogens is 332 g/mol. The number of nitrogens with zero attached hydrogens (tertiary/aromatic N) is 4. The highest BCUT2D eigenvalue weighted by Crippen LogP contribution is 2.36. The Kier molecular flexibility index (Phi) is 3.92. The summed E-state index contributed by atoms with van der Waals surface area (Å²) in [5.41, 5.74) is 3.62. The highest BCUT2D eigenvalue weighted by Gasteiger charge is 2.18. The Balaban J connectivity index is 2.03. The van der Waals surface area contributed by atoms with Gasteiger partial charge in [-0.15, -0.1) is 11.3 Å². The van der Waals surface area contributed by atoms with Crippen molar-refractivity contribution in [1.82, 2.24) is 14.5 Å². The third-order valence-electron chi connectivity index (χ3n) is 4.44. The number of hydrogen-bond acceptors (Lipinski definition) is 5. The summed E-state index contributed by atoms with van der Waals surface area (Å²) in [4.78, 5) is 25.3. The van der Waals surface area contributed by atoms with E-state index in [1.165, 1.54) is 11.3 Å². The average Bonchev–Trinajstić information content (AvgIpc) is 2.76. The van der Waals surface area contributed by atoms with E-state index in [4.69, 9.17) is 0 Å². The van der Waals surface area contributed by atoms with E-state index < -0.39 is 0 Å². The number of fused-ring (bicyclic) bond motifs is 3. The molecule has 4 rings (SSSR count). The van der Waals surface area contributed by atoms with Crippen molar-refractivity contribution < 1.29 is 0 Å². The monoisotopic (exact) mass is 352 g/mol. The summed E-state index contributed by atoms with van der Waals surface area (Å²) in [7, 11) is 4.00. The van der Waals surface area contributed by atoms with Crippen LogP contribution >= 0.6 is 11.3 Å². The molecule has 0 unspecified atom stereocenters. The first-order chi connectivity index (χ1) is 12.1. The molecule has 0 spiro atoms. The molecule has 128 valence electrons. The van der Waals surface area contributed by atoms with Gasteiger partial charge in [0.05, 0.1) is 11.1 Å². The average molecular weight is 352 g/mol. The van der Waals surface area contributed by atoms with Gasteiger partial charge >= 0.3 is 0 Å². The molecule has 5 nitrogen and oxygen atoms in total. The SMILES string of the molecule is Cc1cc(N(C)C)c2c(n1)sc1c(=O)n(C3=CCCCC=C3)cnc12. The number of rotatable bonds is 2. The van der Waals surface area contributed by atoms with Gasteiger partial charge in [-0.1, -0.05) is 12.2 Å². The molecule has 0 bridgehead atoms. The van der Waals surface area contributed by atoms with Gasteiger partial charge in [-0.25, -0.2) is 9.97 Å². The summed E-state index contributed by atoms with van der Waals surface area (Å²) in [6.07, 6.45) is 11.0. The summed E-state index contributed by atoms with van der Waals surface area (Å²) in [6.45, 7) is 1.98. The second-order valence-electron chi connectivity index (χ2n) is 6.52. The molecule has 0 fully saturated rings. The van der Waals surface area contributed by atoms with Gasteiger partial charge in [0, 0.05) is 25.5 Å². The summed E-state index contributed by atoms with van der Waals surface area (Å²) < 4.78 is 2.32. The van der Waals surface area contributed by atoms with E-state index in [1.54, 1.807) is 10.9 Å². The lowest BCUT2D eigenvalue weighted by atomic mass is 10.2. The Morgan fingerprint density at radius 2 is 2.12 bits per heavy atom. The van der Waals surface area contributed by atoms with Crippen LogP contribution in [0.4, 0.5) is 5.69 Å². The maximum absolute atomic E-state index is 13.1. The maximum atomic E-state index is 13.1. The molecule has 3 aromatic heterocycles. The fourth-order valence-electron chi connectivity index (χ4n) is 3.20. The van der Waals surface area contributed by atoms with Crippen molar-refractivity contribution in [2.75, 3.05) is 19.0 Å². The van der Waals surface area contributed by atoms with E-state index in [-0.39, 0.29) is 5.56 Å². The Bertz CT molecular complexity index is 1090. The molecule has 6 heteroatoms.